The lowest BCUT2D eigenvalue weighted by molar-refractivity contribution is -0.139. The van der Waals surface area contributed by atoms with Gasteiger partial charge in [-0.1, -0.05) is 42.5 Å². The van der Waals surface area contributed by atoms with E-state index in [0.29, 0.717) is 36.7 Å². The summed E-state index contributed by atoms with van der Waals surface area (Å²) in [6, 6.07) is 15.5. The smallest absolute Gasteiger partial charge is 0.344 e. The number of imide groups is 1. The third-order valence-electron chi connectivity index (χ3n) is 4.73. The van der Waals surface area contributed by atoms with E-state index in [9.17, 15) is 14.4 Å². The van der Waals surface area contributed by atoms with E-state index >= 15 is 0 Å². The van der Waals surface area contributed by atoms with E-state index in [0.717, 1.165) is 5.01 Å². The Hall–Kier alpha value is -3.55. The molecule has 0 unspecified atom stereocenters. The summed E-state index contributed by atoms with van der Waals surface area (Å²) in [6.07, 6.45) is 0.502. The van der Waals surface area contributed by atoms with Gasteiger partial charge < -0.3 is 14.8 Å². The number of nitrogens with one attached hydrogen (secondary N) is 2. The quantitative estimate of drug-likeness (QED) is 0.489. The lowest BCUT2D eigenvalue weighted by Crippen LogP contribution is -2.47. The molecule has 0 radical (unpaired) electrons. The minimum absolute atomic E-state index is 0.0932. The number of ether oxygens (including phenoxy) is 2. The van der Waals surface area contributed by atoms with Crippen LogP contribution in [0.4, 0.5) is 4.79 Å². The van der Waals surface area contributed by atoms with Crippen LogP contribution >= 0.6 is 0 Å². The first-order valence-corrected chi connectivity index (χ1v) is 9.82. The van der Waals surface area contributed by atoms with Crippen LogP contribution in [0.25, 0.3) is 0 Å². The zero-order chi connectivity index (χ0) is 21.6. The Morgan fingerprint density at radius 3 is 2.33 bits per heavy atom. The van der Waals surface area contributed by atoms with Gasteiger partial charge in [0.2, 0.25) is 5.91 Å². The number of hydrazine groups is 1. The molecule has 0 aromatic heterocycles. The van der Waals surface area contributed by atoms with Gasteiger partial charge in [0, 0.05) is 6.42 Å². The number of amides is 4. The van der Waals surface area contributed by atoms with Crippen LogP contribution in [0.3, 0.4) is 0 Å². The second kappa shape index (κ2) is 9.30. The van der Waals surface area contributed by atoms with Crippen molar-refractivity contribution in [1.82, 2.24) is 15.8 Å². The molecular formula is C22H25N3O5. The number of rotatable bonds is 9. The average Bonchev–Trinajstić information content (AvgIpc) is 2.97. The summed E-state index contributed by atoms with van der Waals surface area (Å²) in [6.45, 7) is 4.31. The molecule has 8 heteroatoms. The molecule has 8 nitrogen and oxygen atoms in total. The van der Waals surface area contributed by atoms with Gasteiger partial charge in [-0.25, -0.2) is 4.79 Å². The predicted molar refractivity (Wildman–Crippen MR) is 110 cm³/mol. The molecule has 2 aromatic rings. The first kappa shape index (κ1) is 21.2. The summed E-state index contributed by atoms with van der Waals surface area (Å²) in [5.41, 5.74) is 1.80. The maximum Gasteiger partial charge on any atom is 0.344 e. The number of carbonyl (C=O) groups is 3. The van der Waals surface area contributed by atoms with Crippen LogP contribution in [-0.2, 0) is 15.1 Å². The molecule has 1 heterocycles. The molecule has 0 spiro atoms. The number of urea groups is 1. The molecule has 0 aliphatic carbocycles. The third-order valence-corrected chi connectivity index (χ3v) is 4.73. The van der Waals surface area contributed by atoms with E-state index in [1.807, 2.05) is 31.2 Å². The molecule has 3 rings (SSSR count). The average molecular weight is 411 g/mol. The third kappa shape index (κ3) is 4.53. The number of carbonyl (C=O) groups excluding carboxylic acids is 3. The van der Waals surface area contributed by atoms with Gasteiger partial charge in [-0.2, -0.15) is 5.01 Å². The van der Waals surface area contributed by atoms with E-state index in [4.69, 9.17) is 9.47 Å². The molecule has 1 aliphatic rings. The molecule has 1 saturated heterocycles. The van der Waals surface area contributed by atoms with Gasteiger partial charge in [0.1, 0.15) is 5.54 Å². The maximum absolute atomic E-state index is 12.8. The van der Waals surface area contributed by atoms with Crippen molar-refractivity contribution < 1.29 is 23.9 Å². The van der Waals surface area contributed by atoms with E-state index in [2.05, 4.69) is 10.7 Å². The second-order valence-corrected chi connectivity index (χ2v) is 6.93. The number of hydrogen-bond donors (Lipinski definition) is 2. The Morgan fingerprint density at radius 1 is 1.03 bits per heavy atom. The van der Waals surface area contributed by atoms with Crippen LogP contribution in [0.15, 0.2) is 54.6 Å². The van der Waals surface area contributed by atoms with Crippen LogP contribution in [0.2, 0.25) is 0 Å². The Labute approximate surface area is 175 Å². The highest BCUT2D eigenvalue weighted by atomic mass is 16.5. The predicted octanol–water partition coefficient (Wildman–Crippen LogP) is 2.74. The van der Waals surface area contributed by atoms with Gasteiger partial charge >= 0.3 is 6.03 Å². The molecule has 158 valence electrons. The molecule has 4 amide bonds. The number of nitrogens with zero attached hydrogens (tertiary/aromatic N) is 1. The van der Waals surface area contributed by atoms with Crippen LogP contribution in [0.1, 0.15) is 32.3 Å². The summed E-state index contributed by atoms with van der Waals surface area (Å²) < 4.78 is 11.2. The fraction of sp³-hybridized carbons (Fsp3) is 0.318. The normalized spacial score (nSPS) is 18.1. The van der Waals surface area contributed by atoms with Crippen LogP contribution in [0, 0.1) is 0 Å². The van der Waals surface area contributed by atoms with Crippen molar-refractivity contribution in [3.8, 4) is 11.5 Å². The first-order valence-electron chi connectivity index (χ1n) is 9.82. The Kier molecular flexibility index (Phi) is 6.56. The Balaban J connectivity index is 1.51. The van der Waals surface area contributed by atoms with E-state index < -0.39 is 23.4 Å². The summed E-state index contributed by atoms with van der Waals surface area (Å²) in [4.78, 5) is 37.3. The molecule has 30 heavy (non-hydrogen) atoms. The van der Waals surface area contributed by atoms with Gasteiger partial charge in [-0.15, -0.1) is 0 Å². The van der Waals surface area contributed by atoms with Gasteiger partial charge in [-0.05, 0) is 38.0 Å². The van der Waals surface area contributed by atoms with Crippen molar-refractivity contribution in [1.29, 1.82) is 0 Å². The van der Waals surface area contributed by atoms with E-state index in [1.165, 1.54) is 0 Å². The number of para-hydroxylation sites is 2. The minimum Gasteiger partial charge on any atom is -0.490 e. The molecule has 2 N–H and O–H groups in total. The van der Waals surface area contributed by atoms with Gasteiger partial charge in [-0.3, -0.25) is 15.0 Å². The summed E-state index contributed by atoms with van der Waals surface area (Å²) in [7, 11) is 0. The largest absolute Gasteiger partial charge is 0.490 e. The summed E-state index contributed by atoms with van der Waals surface area (Å²) in [5.74, 6) is 0.267. The number of hydrogen-bond acceptors (Lipinski definition) is 5. The zero-order valence-electron chi connectivity index (χ0n) is 17.0. The summed E-state index contributed by atoms with van der Waals surface area (Å²) in [5, 5.41) is 3.38. The van der Waals surface area contributed by atoms with Crippen LogP contribution in [0.5, 0.6) is 11.5 Å². The van der Waals surface area contributed by atoms with Crippen LogP contribution in [-0.4, -0.2) is 36.1 Å². The highest BCUT2D eigenvalue weighted by Gasteiger charge is 2.49. The van der Waals surface area contributed by atoms with Gasteiger partial charge in [0.25, 0.3) is 5.91 Å². The topological polar surface area (TPSA) is 97.0 Å². The standard InChI is InChI=1S/C22H25N3O5/c1-3-29-17-12-7-8-13-18(17)30-15-9-14-19(26)24-25-20(27)22(2,23-21(25)28)16-10-5-4-6-11-16/h4-8,10-13H,3,9,14-15H2,1-2H3,(H,23,28)(H,24,26)/t22-/m0/s1. The molecule has 2 aromatic carbocycles. The highest BCUT2D eigenvalue weighted by molar-refractivity contribution is 6.08. The maximum atomic E-state index is 12.8. The fourth-order valence-corrected chi connectivity index (χ4v) is 3.15. The molecule has 0 saturated carbocycles. The van der Waals surface area contributed by atoms with Crippen molar-refractivity contribution in [2.45, 2.75) is 32.2 Å². The van der Waals surface area contributed by atoms with Crippen molar-refractivity contribution in [3.63, 3.8) is 0 Å². The minimum atomic E-state index is -1.22. The molecular weight excluding hydrogens is 386 g/mol. The number of benzene rings is 2. The second-order valence-electron chi connectivity index (χ2n) is 6.93. The van der Waals surface area contributed by atoms with E-state index in [-0.39, 0.29) is 6.42 Å². The van der Waals surface area contributed by atoms with Gasteiger partial charge in [0.15, 0.2) is 11.5 Å². The lowest BCUT2D eigenvalue weighted by Gasteiger charge is -2.22. The molecule has 1 aliphatic heterocycles. The van der Waals surface area contributed by atoms with Gasteiger partial charge in [0.05, 0.1) is 13.2 Å². The van der Waals surface area contributed by atoms with Crippen molar-refractivity contribution in [2.75, 3.05) is 13.2 Å². The Bertz CT molecular complexity index is 918. The fourth-order valence-electron chi connectivity index (χ4n) is 3.15. The lowest BCUT2D eigenvalue weighted by atomic mass is 9.92. The molecule has 1 atom stereocenters. The van der Waals surface area contributed by atoms with E-state index in [1.54, 1.807) is 37.3 Å². The van der Waals surface area contributed by atoms with Crippen LogP contribution < -0.4 is 20.2 Å². The SMILES string of the molecule is CCOc1ccccc1OCCCC(=O)NN1C(=O)N[C@@](C)(c2ccccc2)C1=O. The molecule has 1 fully saturated rings. The Morgan fingerprint density at radius 2 is 1.67 bits per heavy atom. The molecule has 0 bridgehead atoms. The zero-order valence-corrected chi connectivity index (χ0v) is 17.0. The highest BCUT2D eigenvalue weighted by Crippen LogP contribution is 2.28. The monoisotopic (exact) mass is 411 g/mol. The van der Waals surface area contributed by atoms with Crippen molar-refractivity contribution in [2.24, 2.45) is 0 Å². The summed E-state index contributed by atoms with van der Waals surface area (Å²) >= 11 is 0. The van der Waals surface area contributed by atoms with Crippen molar-refractivity contribution >= 4 is 17.8 Å². The first-order chi connectivity index (χ1) is 14.5. The van der Waals surface area contributed by atoms with Crippen molar-refractivity contribution in [3.05, 3.63) is 60.2 Å².